The van der Waals surface area contributed by atoms with Crippen LogP contribution in [0.4, 0.5) is 0 Å². The number of benzene rings is 1. The first kappa shape index (κ1) is 16.5. The predicted octanol–water partition coefficient (Wildman–Crippen LogP) is 4.16. The molecule has 21 heavy (non-hydrogen) atoms. The standard InChI is InChI=1S/C19H32N2/c1-4-12-20-14-16(2)19-10-8-18(9-11-19)15-21-13-6-5-7-17(21)3/h8-11,16-17,20H,4-7,12-15H2,1-3H3. The van der Waals surface area contributed by atoms with E-state index in [0.717, 1.165) is 25.7 Å². The Kier molecular flexibility index (Phi) is 6.72. The molecule has 0 radical (unpaired) electrons. The highest BCUT2D eigenvalue weighted by atomic mass is 15.2. The minimum absolute atomic E-state index is 0.597. The van der Waals surface area contributed by atoms with Gasteiger partial charge in [0.2, 0.25) is 0 Å². The molecule has 0 amide bonds. The van der Waals surface area contributed by atoms with E-state index in [1.165, 1.54) is 43.4 Å². The van der Waals surface area contributed by atoms with Gasteiger partial charge in [-0.25, -0.2) is 0 Å². The van der Waals surface area contributed by atoms with Crippen molar-refractivity contribution < 1.29 is 0 Å². The lowest BCUT2D eigenvalue weighted by atomic mass is 9.98. The first-order chi connectivity index (χ1) is 10.2. The fraction of sp³-hybridized carbons (Fsp3) is 0.684. The zero-order chi connectivity index (χ0) is 15.1. The summed E-state index contributed by atoms with van der Waals surface area (Å²) >= 11 is 0. The highest BCUT2D eigenvalue weighted by Gasteiger charge is 2.18. The summed E-state index contributed by atoms with van der Waals surface area (Å²) in [6.45, 7) is 11.5. The molecule has 1 saturated heterocycles. The third-order valence-corrected chi connectivity index (χ3v) is 4.75. The smallest absolute Gasteiger partial charge is 0.0236 e. The van der Waals surface area contributed by atoms with Crippen LogP contribution in [0.5, 0.6) is 0 Å². The maximum absolute atomic E-state index is 3.51. The van der Waals surface area contributed by atoms with E-state index in [1.54, 1.807) is 0 Å². The zero-order valence-corrected chi connectivity index (χ0v) is 14.1. The van der Waals surface area contributed by atoms with Crippen LogP contribution in [0.3, 0.4) is 0 Å². The normalized spacial score (nSPS) is 21.4. The molecule has 0 aromatic heterocycles. The number of nitrogens with one attached hydrogen (secondary N) is 1. The Morgan fingerprint density at radius 3 is 2.67 bits per heavy atom. The number of nitrogens with zero attached hydrogens (tertiary/aromatic N) is 1. The summed E-state index contributed by atoms with van der Waals surface area (Å²) in [5.41, 5.74) is 2.91. The minimum atomic E-state index is 0.597. The molecule has 2 rings (SSSR count). The average Bonchev–Trinajstić information content (AvgIpc) is 2.50. The quantitative estimate of drug-likeness (QED) is 0.758. The van der Waals surface area contributed by atoms with Crippen LogP contribution in [0.1, 0.15) is 63.5 Å². The van der Waals surface area contributed by atoms with Crippen molar-refractivity contribution in [1.29, 1.82) is 0 Å². The zero-order valence-electron chi connectivity index (χ0n) is 14.1. The largest absolute Gasteiger partial charge is 0.316 e. The molecule has 2 heteroatoms. The highest BCUT2D eigenvalue weighted by molar-refractivity contribution is 5.25. The van der Waals surface area contributed by atoms with E-state index in [4.69, 9.17) is 0 Å². The molecule has 0 saturated carbocycles. The lowest BCUT2D eigenvalue weighted by Crippen LogP contribution is -2.36. The van der Waals surface area contributed by atoms with E-state index in [1.807, 2.05) is 0 Å². The third-order valence-electron chi connectivity index (χ3n) is 4.75. The van der Waals surface area contributed by atoms with E-state index in [-0.39, 0.29) is 0 Å². The molecule has 1 aliphatic heterocycles. The Bertz CT molecular complexity index is 399. The Labute approximate surface area is 130 Å². The molecule has 0 aliphatic carbocycles. The van der Waals surface area contributed by atoms with Crippen LogP contribution in [-0.2, 0) is 6.54 Å². The predicted molar refractivity (Wildman–Crippen MR) is 91.7 cm³/mol. The molecule has 1 aromatic rings. The Morgan fingerprint density at radius 1 is 1.24 bits per heavy atom. The average molecular weight is 288 g/mol. The van der Waals surface area contributed by atoms with Crippen molar-refractivity contribution in [3.05, 3.63) is 35.4 Å². The van der Waals surface area contributed by atoms with Gasteiger partial charge in [-0.2, -0.15) is 0 Å². The Morgan fingerprint density at radius 2 is 2.00 bits per heavy atom. The number of hydrogen-bond acceptors (Lipinski definition) is 2. The van der Waals surface area contributed by atoms with E-state index >= 15 is 0 Å². The number of piperidine rings is 1. The molecule has 118 valence electrons. The summed E-state index contributed by atoms with van der Waals surface area (Å²) in [4.78, 5) is 2.63. The van der Waals surface area contributed by atoms with Crippen LogP contribution in [-0.4, -0.2) is 30.6 Å². The summed E-state index contributed by atoms with van der Waals surface area (Å²) in [5.74, 6) is 0.597. The maximum atomic E-state index is 3.51. The topological polar surface area (TPSA) is 15.3 Å². The Hall–Kier alpha value is -0.860. The van der Waals surface area contributed by atoms with Gasteiger partial charge in [-0.05, 0) is 56.3 Å². The molecule has 2 nitrogen and oxygen atoms in total. The molecule has 1 aliphatic rings. The van der Waals surface area contributed by atoms with Crippen molar-refractivity contribution in [2.45, 2.75) is 65.0 Å². The fourth-order valence-electron chi connectivity index (χ4n) is 3.19. The minimum Gasteiger partial charge on any atom is -0.316 e. The lowest BCUT2D eigenvalue weighted by molar-refractivity contribution is 0.152. The fourth-order valence-corrected chi connectivity index (χ4v) is 3.19. The van der Waals surface area contributed by atoms with Crippen LogP contribution < -0.4 is 5.32 Å². The lowest BCUT2D eigenvalue weighted by Gasteiger charge is -2.33. The van der Waals surface area contributed by atoms with Crippen LogP contribution in [0.15, 0.2) is 24.3 Å². The van der Waals surface area contributed by atoms with Gasteiger partial charge in [0.25, 0.3) is 0 Å². The molecule has 0 spiro atoms. The molecule has 0 bridgehead atoms. The third kappa shape index (κ3) is 5.12. The van der Waals surface area contributed by atoms with Crippen LogP contribution in [0, 0.1) is 0 Å². The second-order valence-corrected chi connectivity index (χ2v) is 6.66. The van der Waals surface area contributed by atoms with Crippen molar-refractivity contribution in [1.82, 2.24) is 10.2 Å². The Balaban J connectivity index is 1.86. The molecule has 2 unspecified atom stereocenters. The molecule has 1 N–H and O–H groups in total. The highest BCUT2D eigenvalue weighted by Crippen LogP contribution is 2.20. The van der Waals surface area contributed by atoms with E-state index < -0.39 is 0 Å². The monoisotopic (exact) mass is 288 g/mol. The van der Waals surface area contributed by atoms with Crippen LogP contribution >= 0.6 is 0 Å². The summed E-state index contributed by atoms with van der Waals surface area (Å²) in [5, 5.41) is 3.51. The van der Waals surface area contributed by atoms with Crippen LogP contribution in [0.2, 0.25) is 0 Å². The molecular formula is C19H32N2. The summed E-state index contributed by atoms with van der Waals surface area (Å²) in [6, 6.07) is 10.0. The molecule has 1 fully saturated rings. The molecule has 1 aromatic carbocycles. The molecule has 2 atom stereocenters. The van der Waals surface area contributed by atoms with Gasteiger partial charge < -0.3 is 5.32 Å². The molecular weight excluding hydrogens is 256 g/mol. The first-order valence-corrected chi connectivity index (χ1v) is 8.74. The van der Waals surface area contributed by atoms with E-state index in [9.17, 15) is 0 Å². The first-order valence-electron chi connectivity index (χ1n) is 8.74. The number of likely N-dealkylation sites (tertiary alicyclic amines) is 1. The van der Waals surface area contributed by atoms with Crippen molar-refractivity contribution in [3.63, 3.8) is 0 Å². The maximum Gasteiger partial charge on any atom is 0.0236 e. The second-order valence-electron chi connectivity index (χ2n) is 6.66. The van der Waals surface area contributed by atoms with Crippen molar-refractivity contribution in [3.8, 4) is 0 Å². The summed E-state index contributed by atoms with van der Waals surface area (Å²) in [7, 11) is 0. The van der Waals surface area contributed by atoms with Gasteiger partial charge in [-0.1, -0.05) is 44.5 Å². The van der Waals surface area contributed by atoms with Crippen molar-refractivity contribution >= 4 is 0 Å². The van der Waals surface area contributed by atoms with Gasteiger partial charge >= 0.3 is 0 Å². The summed E-state index contributed by atoms with van der Waals surface area (Å²) in [6.07, 6.45) is 5.33. The summed E-state index contributed by atoms with van der Waals surface area (Å²) < 4.78 is 0. The van der Waals surface area contributed by atoms with Crippen LogP contribution in [0.25, 0.3) is 0 Å². The van der Waals surface area contributed by atoms with Gasteiger partial charge in [-0.15, -0.1) is 0 Å². The van der Waals surface area contributed by atoms with E-state index in [0.29, 0.717) is 5.92 Å². The van der Waals surface area contributed by atoms with Gasteiger partial charge in [0.05, 0.1) is 0 Å². The van der Waals surface area contributed by atoms with Crippen molar-refractivity contribution in [2.24, 2.45) is 0 Å². The van der Waals surface area contributed by atoms with Gasteiger partial charge in [0.15, 0.2) is 0 Å². The SMILES string of the molecule is CCCNCC(C)c1ccc(CN2CCCCC2C)cc1. The van der Waals surface area contributed by atoms with Gasteiger partial charge in [0, 0.05) is 19.1 Å². The van der Waals surface area contributed by atoms with E-state index in [2.05, 4.69) is 55.3 Å². The van der Waals surface area contributed by atoms with Gasteiger partial charge in [-0.3, -0.25) is 4.90 Å². The molecule has 1 heterocycles. The second kappa shape index (κ2) is 8.55. The van der Waals surface area contributed by atoms with Gasteiger partial charge in [0.1, 0.15) is 0 Å². The number of hydrogen-bond donors (Lipinski definition) is 1. The van der Waals surface area contributed by atoms with Crippen molar-refractivity contribution in [2.75, 3.05) is 19.6 Å². The number of rotatable bonds is 7.